The molecule has 0 bridgehead atoms. The van der Waals surface area contributed by atoms with Crippen molar-refractivity contribution in [3.63, 3.8) is 0 Å². The lowest BCUT2D eigenvalue weighted by molar-refractivity contribution is -0.121. The highest BCUT2D eigenvalue weighted by atomic mass is 16.1. The van der Waals surface area contributed by atoms with Gasteiger partial charge in [-0.1, -0.05) is 12.8 Å². The number of rotatable bonds is 3. The van der Waals surface area contributed by atoms with Crippen molar-refractivity contribution in [3.05, 3.63) is 0 Å². The van der Waals surface area contributed by atoms with Gasteiger partial charge in [0.2, 0.25) is 5.91 Å². The zero-order valence-corrected chi connectivity index (χ0v) is 8.44. The topological polar surface area (TPSA) is 41.1 Å². The summed E-state index contributed by atoms with van der Waals surface area (Å²) in [5, 5.41) is 6.24. The molecule has 0 aromatic heterocycles. The first kappa shape index (κ1) is 10.5. The molecule has 13 heavy (non-hydrogen) atoms. The molecule has 76 valence electrons. The van der Waals surface area contributed by atoms with Gasteiger partial charge < -0.3 is 10.6 Å². The number of carbonyl (C=O) groups is 1. The van der Waals surface area contributed by atoms with Crippen LogP contribution in [-0.2, 0) is 4.79 Å². The molecule has 1 aliphatic heterocycles. The van der Waals surface area contributed by atoms with Gasteiger partial charge in [0.1, 0.15) is 0 Å². The van der Waals surface area contributed by atoms with Crippen molar-refractivity contribution >= 4 is 5.91 Å². The van der Waals surface area contributed by atoms with Gasteiger partial charge in [-0.2, -0.15) is 0 Å². The predicted molar refractivity (Wildman–Crippen MR) is 53.6 cm³/mol. The van der Waals surface area contributed by atoms with Crippen LogP contribution in [0.1, 0.15) is 39.0 Å². The van der Waals surface area contributed by atoms with E-state index >= 15 is 0 Å². The molecule has 0 aliphatic carbocycles. The fourth-order valence-electron chi connectivity index (χ4n) is 1.77. The molecule has 1 heterocycles. The van der Waals surface area contributed by atoms with Crippen molar-refractivity contribution in [2.24, 2.45) is 0 Å². The SMILES string of the molecule is CCNC(=O)CC1CCCCCN1. The van der Waals surface area contributed by atoms with Gasteiger partial charge in [0.15, 0.2) is 0 Å². The number of hydrogen-bond donors (Lipinski definition) is 2. The van der Waals surface area contributed by atoms with E-state index in [9.17, 15) is 4.79 Å². The molecule has 1 atom stereocenters. The summed E-state index contributed by atoms with van der Waals surface area (Å²) in [6.07, 6.45) is 5.62. The summed E-state index contributed by atoms with van der Waals surface area (Å²) in [5.74, 6) is 0.182. The Bertz CT molecular complexity index is 151. The summed E-state index contributed by atoms with van der Waals surface area (Å²) in [7, 11) is 0. The standard InChI is InChI=1S/C10H20N2O/c1-2-11-10(13)8-9-6-4-3-5-7-12-9/h9,12H,2-8H2,1H3,(H,11,13). The molecule has 0 aromatic rings. The van der Waals surface area contributed by atoms with Crippen LogP contribution in [0.25, 0.3) is 0 Å². The Labute approximate surface area is 80.3 Å². The third-order valence-corrected chi connectivity index (χ3v) is 2.47. The highest BCUT2D eigenvalue weighted by Gasteiger charge is 2.14. The Morgan fingerprint density at radius 1 is 1.46 bits per heavy atom. The minimum absolute atomic E-state index is 0.182. The zero-order chi connectivity index (χ0) is 9.52. The molecule has 3 nitrogen and oxygen atoms in total. The monoisotopic (exact) mass is 184 g/mol. The fraction of sp³-hybridized carbons (Fsp3) is 0.900. The van der Waals surface area contributed by atoms with Crippen LogP contribution in [0.2, 0.25) is 0 Å². The minimum Gasteiger partial charge on any atom is -0.356 e. The van der Waals surface area contributed by atoms with Crippen LogP contribution < -0.4 is 10.6 Å². The summed E-state index contributed by atoms with van der Waals surface area (Å²) in [5.41, 5.74) is 0. The zero-order valence-electron chi connectivity index (χ0n) is 8.44. The van der Waals surface area contributed by atoms with E-state index < -0.39 is 0 Å². The third kappa shape index (κ3) is 4.27. The smallest absolute Gasteiger partial charge is 0.221 e. The molecular weight excluding hydrogens is 164 g/mol. The number of carbonyl (C=O) groups excluding carboxylic acids is 1. The second kappa shape index (κ2) is 5.97. The van der Waals surface area contributed by atoms with Crippen LogP contribution >= 0.6 is 0 Å². The molecule has 1 amide bonds. The van der Waals surface area contributed by atoms with Crippen molar-refractivity contribution in [3.8, 4) is 0 Å². The average molecular weight is 184 g/mol. The first-order valence-electron chi connectivity index (χ1n) is 5.33. The van der Waals surface area contributed by atoms with Crippen LogP contribution in [-0.4, -0.2) is 25.0 Å². The highest BCUT2D eigenvalue weighted by Crippen LogP contribution is 2.10. The Kier molecular flexibility index (Phi) is 4.83. The van der Waals surface area contributed by atoms with Crippen LogP contribution in [0.4, 0.5) is 0 Å². The van der Waals surface area contributed by atoms with Gasteiger partial charge in [-0.05, 0) is 26.3 Å². The first-order valence-corrected chi connectivity index (χ1v) is 5.33. The van der Waals surface area contributed by atoms with Gasteiger partial charge in [0.25, 0.3) is 0 Å². The van der Waals surface area contributed by atoms with Gasteiger partial charge in [-0.25, -0.2) is 0 Å². The van der Waals surface area contributed by atoms with Crippen molar-refractivity contribution in [1.82, 2.24) is 10.6 Å². The van der Waals surface area contributed by atoms with E-state index in [1.165, 1.54) is 19.3 Å². The van der Waals surface area contributed by atoms with Crippen LogP contribution in [0.3, 0.4) is 0 Å². The van der Waals surface area contributed by atoms with Gasteiger partial charge in [0, 0.05) is 19.0 Å². The van der Waals surface area contributed by atoms with E-state index in [-0.39, 0.29) is 5.91 Å². The van der Waals surface area contributed by atoms with Crippen molar-refractivity contribution in [2.75, 3.05) is 13.1 Å². The quantitative estimate of drug-likeness (QED) is 0.688. The van der Waals surface area contributed by atoms with Gasteiger partial charge in [-0.15, -0.1) is 0 Å². The normalized spacial score (nSPS) is 23.6. The van der Waals surface area contributed by atoms with E-state index in [0.717, 1.165) is 19.5 Å². The van der Waals surface area contributed by atoms with E-state index in [1.54, 1.807) is 0 Å². The van der Waals surface area contributed by atoms with E-state index in [0.29, 0.717) is 12.5 Å². The van der Waals surface area contributed by atoms with E-state index in [1.807, 2.05) is 6.92 Å². The fourth-order valence-corrected chi connectivity index (χ4v) is 1.77. The van der Waals surface area contributed by atoms with Gasteiger partial charge in [-0.3, -0.25) is 4.79 Å². The Hall–Kier alpha value is -0.570. The van der Waals surface area contributed by atoms with Crippen LogP contribution in [0, 0.1) is 0 Å². The summed E-state index contributed by atoms with van der Waals surface area (Å²) < 4.78 is 0. The lowest BCUT2D eigenvalue weighted by Crippen LogP contribution is -2.35. The molecule has 1 unspecified atom stereocenters. The van der Waals surface area contributed by atoms with Crippen molar-refractivity contribution < 1.29 is 4.79 Å². The maximum absolute atomic E-state index is 11.3. The molecule has 0 aromatic carbocycles. The minimum atomic E-state index is 0.182. The lowest BCUT2D eigenvalue weighted by Gasteiger charge is -2.14. The Morgan fingerprint density at radius 2 is 2.31 bits per heavy atom. The molecule has 3 heteroatoms. The summed E-state index contributed by atoms with van der Waals surface area (Å²) in [4.78, 5) is 11.3. The lowest BCUT2D eigenvalue weighted by atomic mass is 10.1. The molecule has 1 aliphatic rings. The van der Waals surface area contributed by atoms with Crippen molar-refractivity contribution in [1.29, 1.82) is 0 Å². The van der Waals surface area contributed by atoms with Gasteiger partial charge in [0.05, 0.1) is 0 Å². The number of amides is 1. The predicted octanol–water partition coefficient (Wildman–Crippen LogP) is 1.04. The number of nitrogens with one attached hydrogen (secondary N) is 2. The Morgan fingerprint density at radius 3 is 3.08 bits per heavy atom. The summed E-state index contributed by atoms with van der Waals surface area (Å²) in [6.45, 7) is 3.77. The van der Waals surface area contributed by atoms with Gasteiger partial charge >= 0.3 is 0 Å². The molecule has 0 saturated carbocycles. The highest BCUT2D eigenvalue weighted by molar-refractivity contribution is 5.76. The molecule has 1 saturated heterocycles. The number of hydrogen-bond acceptors (Lipinski definition) is 2. The second-order valence-electron chi connectivity index (χ2n) is 3.66. The molecule has 0 radical (unpaired) electrons. The third-order valence-electron chi connectivity index (χ3n) is 2.47. The van der Waals surface area contributed by atoms with E-state index in [4.69, 9.17) is 0 Å². The molecular formula is C10H20N2O. The molecule has 2 N–H and O–H groups in total. The molecule has 1 rings (SSSR count). The molecule has 1 fully saturated rings. The van der Waals surface area contributed by atoms with Crippen LogP contribution in [0.15, 0.2) is 0 Å². The maximum Gasteiger partial charge on any atom is 0.221 e. The van der Waals surface area contributed by atoms with Crippen LogP contribution in [0.5, 0.6) is 0 Å². The van der Waals surface area contributed by atoms with E-state index in [2.05, 4.69) is 10.6 Å². The second-order valence-corrected chi connectivity index (χ2v) is 3.66. The Balaban J connectivity index is 2.21. The summed E-state index contributed by atoms with van der Waals surface area (Å²) in [6, 6.07) is 0.411. The molecule has 0 spiro atoms. The average Bonchev–Trinajstić information content (AvgIpc) is 2.33. The van der Waals surface area contributed by atoms with Crippen molar-refractivity contribution in [2.45, 2.75) is 45.1 Å². The summed E-state index contributed by atoms with van der Waals surface area (Å²) >= 11 is 0. The maximum atomic E-state index is 11.3. The largest absolute Gasteiger partial charge is 0.356 e. The first-order chi connectivity index (χ1) is 6.33.